The molecule has 0 bridgehead atoms. The Morgan fingerprint density at radius 2 is 2.13 bits per heavy atom. The van der Waals surface area contributed by atoms with E-state index in [-0.39, 0.29) is 24.0 Å². The normalized spacial score (nSPS) is 29.9. The first kappa shape index (κ1) is 12.8. The molecule has 2 rings (SSSR count). The highest BCUT2D eigenvalue weighted by Crippen LogP contribution is 2.34. The Labute approximate surface area is 101 Å². The Hall–Kier alpha value is -0.280. The summed E-state index contributed by atoms with van der Waals surface area (Å²) in [6, 6.07) is 7.78. The molecule has 0 radical (unpaired) electrons. The van der Waals surface area contributed by atoms with Crippen LogP contribution >= 0.6 is 24.0 Å². The predicted octanol–water partition coefficient (Wildman–Crippen LogP) is 2.33. The zero-order valence-corrected chi connectivity index (χ0v) is 10.1. The van der Waals surface area contributed by atoms with Crippen LogP contribution in [-0.2, 0) is 5.54 Å². The SMILES string of the molecule is CC1(c2ccccc2Cl)CC(O)CN1.Cl. The van der Waals surface area contributed by atoms with Gasteiger partial charge in [0, 0.05) is 17.1 Å². The number of hydrogen-bond donors (Lipinski definition) is 2. The lowest BCUT2D eigenvalue weighted by atomic mass is 9.90. The van der Waals surface area contributed by atoms with Crippen LogP contribution in [0.2, 0.25) is 5.02 Å². The van der Waals surface area contributed by atoms with E-state index in [4.69, 9.17) is 11.6 Å². The molecular weight excluding hydrogens is 233 g/mol. The fourth-order valence-corrected chi connectivity index (χ4v) is 2.42. The minimum absolute atomic E-state index is 0. The van der Waals surface area contributed by atoms with Gasteiger partial charge in [0.15, 0.2) is 0 Å². The summed E-state index contributed by atoms with van der Waals surface area (Å²) in [7, 11) is 0. The lowest BCUT2D eigenvalue weighted by molar-refractivity contribution is 0.186. The van der Waals surface area contributed by atoms with E-state index in [0.717, 1.165) is 17.0 Å². The predicted molar refractivity (Wildman–Crippen MR) is 64.7 cm³/mol. The van der Waals surface area contributed by atoms with E-state index in [0.29, 0.717) is 6.54 Å². The lowest BCUT2D eigenvalue weighted by Gasteiger charge is -2.25. The third-order valence-corrected chi connectivity index (χ3v) is 3.17. The molecule has 0 amide bonds. The smallest absolute Gasteiger partial charge is 0.0685 e. The van der Waals surface area contributed by atoms with Crippen molar-refractivity contribution < 1.29 is 5.11 Å². The van der Waals surface area contributed by atoms with Gasteiger partial charge in [-0.1, -0.05) is 29.8 Å². The highest BCUT2D eigenvalue weighted by molar-refractivity contribution is 6.31. The summed E-state index contributed by atoms with van der Waals surface area (Å²) >= 11 is 6.12. The Kier molecular flexibility index (Phi) is 4.01. The molecule has 0 aliphatic carbocycles. The Bertz CT molecular complexity index is 345. The molecule has 1 aromatic carbocycles. The van der Waals surface area contributed by atoms with Crippen LogP contribution in [0.4, 0.5) is 0 Å². The summed E-state index contributed by atoms with van der Waals surface area (Å²) in [6.07, 6.45) is 0.452. The lowest BCUT2D eigenvalue weighted by Crippen LogP contribution is -2.33. The molecule has 15 heavy (non-hydrogen) atoms. The van der Waals surface area contributed by atoms with Crippen LogP contribution in [0.3, 0.4) is 0 Å². The van der Waals surface area contributed by atoms with Gasteiger partial charge >= 0.3 is 0 Å². The van der Waals surface area contributed by atoms with E-state index in [9.17, 15) is 5.11 Å². The average molecular weight is 248 g/mol. The molecule has 84 valence electrons. The van der Waals surface area contributed by atoms with Gasteiger partial charge in [-0.05, 0) is 25.0 Å². The number of aliphatic hydroxyl groups excluding tert-OH is 1. The third kappa shape index (κ3) is 2.45. The number of halogens is 2. The molecular formula is C11H15Cl2NO. The summed E-state index contributed by atoms with van der Waals surface area (Å²) in [6.45, 7) is 2.71. The van der Waals surface area contributed by atoms with Gasteiger partial charge in [-0.25, -0.2) is 0 Å². The van der Waals surface area contributed by atoms with Crippen molar-refractivity contribution in [1.29, 1.82) is 0 Å². The van der Waals surface area contributed by atoms with Gasteiger partial charge in [-0.2, -0.15) is 0 Å². The second-order valence-electron chi connectivity index (χ2n) is 4.05. The molecule has 0 spiro atoms. The van der Waals surface area contributed by atoms with Gasteiger partial charge in [-0.15, -0.1) is 12.4 Å². The fourth-order valence-electron chi connectivity index (χ4n) is 2.07. The molecule has 1 saturated heterocycles. The summed E-state index contributed by atoms with van der Waals surface area (Å²) in [5.74, 6) is 0. The van der Waals surface area contributed by atoms with Gasteiger partial charge in [0.25, 0.3) is 0 Å². The molecule has 2 atom stereocenters. The molecule has 2 unspecified atom stereocenters. The van der Waals surface area contributed by atoms with Crippen LogP contribution in [-0.4, -0.2) is 17.8 Å². The van der Waals surface area contributed by atoms with Crippen LogP contribution in [0.25, 0.3) is 0 Å². The summed E-state index contributed by atoms with van der Waals surface area (Å²) in [5.41, 5.74) is 0.885. The zero-order chi connectivity index (χ0) is 10.2. The quantitative estimate of drug-likeness (QED) is 0.799. The van der Waals surface area contributed by atoms with Gasteiger partial charge in [0.1, 0.15) is 0 Å². The van der Waals surface area contributed by atoms with E-state index in [1.807, 2.05) is 24.3 Å². The maximum atomic E-state index is 9.51. The first-order chi connectivity index (χ1) is 6.62. The summed E-state index contributed by atoms with van der Waals surface area (Å²) < 4.78 is 0. The van der Waals surface area contributed by atoms with Gasteiger partial charge in [0.05, 0.1) is 6.10 Å². The van der Waals surface area contributed by atoms with E-state index in [2.05, 4.69) is 12.2 Å². The molecule has 0 aromatic heterocycles. The van der Waals surface area contributed by atoms with Crippen molar-refractivity contribution in [2.75, 3.05) is 6.54 Å². The van der Waals surface area contributed by atoms with Crippen LogP contribution in [0.15, 0.2) is 24.3 Å². The number of hydrogen-bond acceptors (Lipinski definition) is 2. The number of β-amino-alcohol motifs (C(OH)–C–C–N with tert-alkyl or cyclic N) is 1. The molecule has 1 aliphatic rings. The summed E-state index contributed by atoms with van der Waals surface area (Å²) in [4.78, 5) is 0. The molecule has 1 aromatic rings. The van der Waals surface area contributed by atoms with Crippen molar-refractivity contribution in [2.45, 2.75) is 25.0 Å². The van der Waals surface area contributed by atoms with Crippen molar-refractivity contribution in [3.05, 3.63) is 34.9 Å². The van der Waals surface area contributed by atoms with Crippen molar-refractivity contribution in [2.24, 2.45) is 0 Å². The van der Waals surface area contributed by atoms with Crippen LogP contribution < -0.4 is 5.32 Å². The van der Waals surface area contributed by atoms with E-state index >= 15 is 0 Å². The Morgan fingerprint density at radius 1 is 1.47 bits per heavy atom. The van der Waals surface area contributed by atoms with Crippen molar-refractivity contribution in [1.82, 2.24) is 5.32 Å². The van der Waals surface area contributed by atoms with Gasteiger partial charge in [-0.3, -0.25) is 0 Å². The second-order valence-corrected chi connectivity index (χ2v) is 4.46. The largest absolute Gasteiger partial charge is 0.392 e. The van der Waals surface area contributed by atoms with Gasteiger partial charge in [0.2, 0.25) is 0 Å². The van der Waals surface area contributed by atoms with Crippen LogP contribution in [0, 0.1) is 0 Å². The maximum Gasteiger partial charge on any atom is 0.0685 e. The Balaban J connectivity index is 0.00000112. The monoisotopic (exact) mass is 247 g/mol. The maximum absolute atomic E-state index is 9.51. The number of aliphatic hydroxyl groups is 1. The Morgan fingerprint density at radius 3 is 2.67 bits per heavy atom. The molecule has 1 fully saturated rings. The van der Waals surface area contributed by atoms with Crippen molar-refractivity contribution in [3.8, 4) is 0 Å². The second kappa shape index (κ2) is 4.71. The van der Waals surface area contributed by atoms with Crippen LogP contribution in [0.1, 0.15) is 18.9 Å². The highest BCUT2D eigenvalue weighted by atomic mass is 35.5. The highest BCUT2D eigenvalue weighted by Gasteiger charge is 2.36. The van der Waals surface area contributed by atoms with Gasteiger partial charge < -0.3 is 10.4 Å². The van der Waals surface area contributed by atoms with Crippen molar-refractivity contribution >= 4 is 24.0 Å². The molecule has 4 heteroatoms. The first-order valence-electron chi connectivity index (χ1n) is 4.80. The van der Waals surface area contributed by atoms with E-state index in [1.54, 1.807) is 0 Å². The minimum Gasteiger partial charge on any atom is -0.392 e. The first-order valence-corrected chi connectivity index (χ1v) is 5.18. The molecule has 1 heterocycles. The molecule has 0 saturated carbocycles. The zero-order valence-electron chi connectivity index (χ0n) is 8.53. The third-order valence-electron chi connectivity index (χ3n) is 2.84. The standard InChI is InChI=1S/C11H14ClNO.ClH/c1-11(6-8(14)7-13-11)9-4-2-3-5-10(9)12;/h2-5,8,13-14H,6-7H2,1H3;1H. The number of nitrogens with one attached hydrogen (secondary N) is 1. The number of rotatable bonds is 1. The van der Waals surface area contributed by atoms with Crippen molar-refractivity contribution in [3.63, 3.8) is 0 Å². The average Bonchev–Trinajstić information content (AvgIpc) is 2.48. The topological polar surface area (TPSA) is 32.3 Å². The fraction of sp³-hybridized carbons (Fsp3) is 0.455. The number of benzene rings is 1. The molecule has 1 aliphatic heterocycles. The van der Waals surface area contributed by atoms with E-state index < -0.39 is 0 Å². The minimum atomic E-state index is -0.267. The summed E-state index contributed by atoms with van der Waals surface area (Å²) in [5, 5.41) is 13.6. The molecule has 2 nitrogen and oxygen atoms in total. The van der Waals surface area contributed by atoms with Crippen LogP contribution in [0.5, 0.6) is 0 Å². The molecule has 2 N–H and O–H groups in total. The van der Waals surface area contributed by atoms with E-state index in [1.165, 1.54) is 0 Å².